The summed E-state index contributed by atoms with van der Waals surface area (Å²) in [6.07, 6.45) is 8.62. The van der Waals surface area contributed by atoms with Gasteiger partial charge < -0.3 is 19.7 Å². The SMILES string of the molecule is CC(C)C1C2CC3C4(C)CCCC(C)(C(=O)O)C4CCC3(C3C(=O)OC(=O)C23)C1C1C(C(C)C)C2CC3C4(C)CCCC(C)(C(=O)O)C4CCC13C1C(=O)OC(=O)C21. The molecule has 2 spiro atoms. The molecule has 2 aliphatic heterocycles. The van der Waals surface area contributed by atoms with Crippen molar-refractivity contribution in [2.75, 3.05) is 0 Å². The van der Waals surface area contributed by atoms with Crippen LogP contribution < -0.4 is 0 Å². The molecule has 318 valence electrons. The molecule has 10 nitrogen and oxygen atoms in total. The number of aliphatic carboxylic acids is 2. The molecule has 0 aromatic heterocycles. The summed E-state index contributed by atoms with van der Waals surface area (Å²) < 4.78 is 11.5. The number of rotatable bonds is 5. The quantitative estimate of drug-likeness (QED) is 0.206. The molecule has 10 aliphatic carbocycles. The Bertz CT molecular complexity index is 1770. The first-order chi connectivity index (χ1) is 27.2. The molecule has 2 heterocycles. The van der Waals surface area contributed by atoms with Gasteiger partial charge in [-0.05, 0) is 171 Å². The first-order valence-corrected chi connectivity index (χ1v) is 23.2. The third-order valence-electron chi connectivity index (χ3n) is 21.8. The van der Waals surface area contributed by atoms with Crippen molar-refractivity contribution in [3.8, 4) is 0 Å². The Balaban J connectivity index is 1.24. The average molecular weight is 803 g/mol. The van der Waals surface area contributed by atoms with E-state index in [0.29, 0.717) is 38.5 Å². The van der Waals surface area contributed by atoms with Crippen LogP contribution in [0.25, 0.3) is 0 Å². The Kier molecular flexibility index (Phi) is 8.13. The molecular formula is C48H66O10. The summed E-state index contributed by atoms with van der Waals surface area (Å²) in [5.41, 5.74) is -3.92. The van der Waals surface area contributed by atoms with Gasteiger partial charge in [-0.25, -0.2) is 0 Å². The number of carboxylic acid groups (broad SMARTS) is 2. The largest absolute Gasteiger partial charge is 0.481 e. The van der Waals surface area contributed by atoms with E-state index in [2.05, 4.69) is 41.5 Å². The zero-order valence-corrected chi connectivity index (χ0v) is 35.9. The highest BCUT2D eigenvalue weighted by Crippen LogP contribution is 2.85. The molecular weight excluding hydrogens is 737 g/mol. The molecule has 12 fully saturated rings. The van der Waals surface area contributed by atoms with E-state index in [9.17, 15) is 39.0 Å². The molecule has 12 rings (SSSR count). The van der Waals surface area contributed by atoms with Crippen LogP contribution >= 0.6 is 0 Å². The molecule has 0 amide bonds. The fourth-order valence-corrected chi connectivity index (χ4v) is 20.6. The molecule has 10 heteroatoms. The summed E-state index contributed by atoms with van der Waals surface area (Å²) in [6, 6.07) is 0. The van der Waals surface area contributed by atoms with Crippen molar-refractivity contribution in [3.05, 3.63) is 0 Å². The fraction of sp³-hybridized carbons (Fsp3) is 0.875. The van der Waals surface area contributed by atoms with Crippen molar-refractivity contribution in [1.29, 1.82) is 0 Å². The molecule has 20 atom stereocenters. The van der Waals surface area contributed by atoms with E-state index in [1.54, 1.807) is 0 Å². The van der Waals surface area contributed by atoms with Gasteiger partial charge in [-0.15, -0.1) is 0 Å². The molecule has 0 aromatic carbocycles. The van der Waals surface area contributed by atoms with Gasteiger partial charge in [0.2, 0.25) is 0 Å². The van der Waals surface area contributed by atoms with Crippen LogP contribution in [0.4, 0.5) is 0 Å². The maximum absolute atomic E-state index is 14.7. The van der Waals surface area contributed by atoms with Crippen molar-refractivity contribution in [1.82, 2.24) is 0 Å². The van der Waals surface area contributed by atoms with E-state index in [4.69, 9.17) is 9.47 Å². The minimum atomic E-state index is -0.899. The second kappa shape index (κ2) is 12.0. The van der Waals surface area contributed by atoms with E-state index in [1.807, 2.05) is 13.8 Å². The molecule has 20 unspecified atom stereocenters. The third kappa shape index (κ3) is 4.23. The number of cyclic esters (lactones) is 4. The highest BCUT2D eigenvalue weighted by Gasteiger charge is 2.84. The molecule has 58 heavy (non-hydrogen) atoms. The van der Waals surface area contributed by atoms with Gasteiger partial charge in [-0.1, -0.05) is 54.4 Å². The highest BCUT2D eigenvalue weighted by atomic mass is 16.6. The maximum Gasteiger partial charge on any atom is 0.318 e. The number of hydrogen-bond acceptors (Lipinski definition) is 8. The van der Waals surface area contributed by atoms with Crippen LogP contribution in [0.2, 0.25) is 0 Å². The first-order valence-electron chi connectivity index (χ1n) is 23.2. The van der Waals surface area contributed by atoms with Crippen LogP contribution in [0, 0.1) is 127 Å². The summed E-state index contributed by atoms with van der Waals surface area (Å²) in [6.45, 7) is 17.6. The molecule has 10 saturated carbocycles. The number of carboxylic acids is 2. The number of esters is 4. The van der Waals surface area contributed by atoms with Crippen molar-refractivity contribution in [2.24, 2.45) is 127 Å². The summed E-state index contributed by atoms with van der Waals surface area (Å²) in [5.74, 6) is -5.75. The predicted octanol–water partition coefficient (Wildman–Crippen LogP) is 8.05. The van der Waals surface area contributed by atoms with Gasteiger partial charge in [0.05, 0.1) is 34.5 Å². The number of hydrogen-bond donors (Lipinski definition) is 2. The minimum absolute atomic E-state index is 0.0181. The third-order valence-corrected chi connectivity index (χ3v) is 21.8. The standard InChI is InChI=1S/C48H66O10/c1-21(2)29-23-19-27-43(5)13-9-15-45(7,41(53)54)25(43)11-17-47(27,35-31(23)37(49)57-39(35)51)33(29)34-30(22(3)4)24-20-28-44(6)14-10-16-46(8,42(55)56)26(44)12-18-48(28,34)36-32(24)38(50)58-40(36)52/h21-36H,9-20H2,1-8H3,(H,53,54)(H,55,56). The normalized spacial score (nSPS) is 56.2. The molecule has 0 aromatic rings. The lowest BCUT2D eigenvalue weighted by Crippen LogP contribution is -2.77. The smallest absolute Gasteiger partial charge is 0.318 e. The summed E-state index contributed by atoms with van der Waals surface area (Å²) >= 11 is 0. The van der Waals surface area contributed by atoms with Gasteiger partial charge in [-0.3, -0.25) is 28.8 Å². The Hall–Kier alpha value is -2.78. The van der Waals surface area contributed by atoms with Gasteiger partial charge in [0.25, 0.3) is 0 Å². The van der Waals surface area contributed by atoms with Gasteiger partial charge in [0.1, 0.15) is 0 Å². The Morgan fingerprint density at radius 1 is 0.552 bits per heavy atom. The van der Waals surface area contributed by atoms with Crippen LogP contribution in [-0.2, 0) is 38.2 Å². The van der Waals surface area contributed by atoms with E-state index in [-0.39, 0.29) is 71.0 Å². The second-order valence-corrected chi connectivity index (χ2v) is 23.7. The zero-order valence-electron chi connectivity index (χ0n) is 35.9. The van der Waals surface area contributed by atoms with Crippen molar-refractivity contribution >= 4 is 35.8 Å². The molecule has 2 saturated heterocycles. The van der Waals surface area contributed by atoms with Crippen LogP contribution in [0.15, 0.2) is 0 Å². The Labute approximate surface area is 343 Å². The van der Waals surface area contributed by atoms with Gasteiger partial charge in [0.15, 0.2) is 0 Å². The number of carbonyl (C=O) groups excluding carboxylic acids is 4. The molecule has 4 bridgehead atoms. The number of carbonyl (C=O) groups is 6. The first kappa shape index (κ1) is 39.4. The van der Waals surface area contributed by atoms with Gasteiger partial charge in [0, 0.05) is 0 Å². The van der Waals surface area contributed by atoms with E-state index in [1.165, 1.54) is 0 Å². The van der Waals surface area contributed by atoms with Gasteiger partial charge >= 0.3 is 35.8 Å². The lowest BCUT2D eigenvalue weighted by Gasteiger charge is -2.79. The van der Waals surface area contributed by atoms with Crippen molar-refractivity contribution in [3.63, 3.8) is 0 Å². The van der Waals surface area contributed by atoms with E-state index in [0.717, 1.165) is 38.5 Å². The topological polar surface area (TPSA) is 161 Å². The summed E-state index contributed by atoms with van der Waals surface area (Å²) in [4.78, 5) is 84.0. The number of ether oxygens (including phenoxy) is 2. The van der Waals surface area contributed by atoms with Crippen LogP contribution in [0.1, 0.15) is 132 Å². The Morgan fingerprint density at radius 2 is 0.914 bits per heavy atom. The monoisotopic (exact) mass is 802 g/mol. The summed E-state index contributed by atoms with van der Waals surface area (Å²) in [7, 11) is 0. The lowest BCUT2D eigenvalue weighted by atomic mass is 9.23. The summed E-state index contributed by atoms with van der Waals surface area (Å²) in [5, 5.41) is 21.7. The van der Waals surface area contributed by atoms with Crippen molar-refractivity contribution in [2.45, 2.75) is 132 Å². The van der Waals surface area contributed by atoms with Crippen LogP contribution in [-0.4, -0.2) is 46.0 Å². The van der Waals surface area contributed by atoms with Crippen LogP contribution in [0.5, 0.6) is 0 Å². The van der Waals surface area contributed by atoms with Crippen molar-refractivity contribution < 1.29 is 48.5 Å². The van der Waals surface area contributed by atoms with E-state index >= 15 is 0 Å². The van der Waals surface area contributed by atoms with Gasteiger partial charge in [-0.2, -0.15) is 0 Å². The molecule has 12 aliphatic rings. The second-order valence-electron chi connectivity index (χ2n) is 23.7. The maximum atomic E-state index is 14.7. The lowest BCUT2D eigenvalue weighted by molar-refractivity contribution is -0.326. The minimum Gasteiger partial charge on any atom is -0.481 e. The van der Waals surface area contributed by atoms with E-state index < -0.39 is 92.0 Å². The average Bonchev–Trinajstić information content (AvgIpc) is 3.64. The van der Waals surface area contributed by atoms with Crippen LogP contribution in [0.3, 0.4) is 0 Å². The highest BCUT2D eigenvalue weighted by molar-refractivity contribution is 5.99. The molecule has 2 N–H and O–H groups in total. The predicted molar refractivity (Wildman–Crippen MR) is 209 cm³/mol. The number of fused-ring (bicyclic) bond motifs is 5. The Morgan fingerprint density at radius 3 is 1.24 bits per heavy atom. The zero-order chi connectivity index (χ0) is 41.6. The molecule has 0 radical (unpaired) electrons. The fourth-order valence-electron chi connectivity index (χ4n) is 20.6.